The van der Waals surface area contributed by atoms with E-state index in [1.54, 1.807) is 0 Å². The molecule has 7 nitrogen and oxygen atoms in total. The van der Waals surface area contributed by atoms with Gasteiger partial charge in [-0.15, -0.1) is 0 Å². The van der Waals surface area contributed by atoms with Crippen molar-refractivity contribution in [2.24, 2.45) is 22.9 Å². The lowest BCUT2D eigenvalue weighted by Crippen LogP contribution is -2.66. The van der Waals surface area contributed by atoms with Crippen LogP contribution in [0.4, 0.5) is 0 Å². The minimum atomic E-state index is -0.909. The number of hydrogen-bond donors (Lipinski definition) is 5. The molecule has 0 radical (unpaired) electrons. The standard InChI is InChI=1S/C18H41N5O2/c1-3-5-7-9-11-18(17(21)22,12-10-8-6-4-2)23(13-15(19)20)14-16(24)25/h15,17H,3-14,19-22H2,1-2H3,(H,24,25). The van der Waals surface area contributed by atoms with E-state index in [1.807, 2.05) is 4.90 Å². The van der Waals surface area contributed by atoms with Crippen LogP contribution in [0.15, 0.2) is 0 Å². The van der Waals surface area contributed by atoms with Crippen LogP contribution in [0.3, 0.4) is 0 Å². The summed E-state index contributed by atoms with van der Waals surface area (Å²) in [5.41, 5.74) is 23.4. The third kappa shape index (κ3) is 9.51. The molecule has 0 saturated heterocycles. The molecule has 0 aliphatic carbocycles. The summed E-state index contributed by atoms with van der Waals surface area (Å²) in [4.78, 5) is 13.2. The van der Waals surface area contributed by atoms with E-state index in [1.165, 1.54) is 0 Å². The zero-order valence-electron chi connectivity index (χ0n) is 16.3. The van der Waals surface area contributed by atoms with Crippen LogP contribution in [-0.2, 0) is 4.79 Å². The van der Waals surface area contributed by atoms with E-state index in [2.05, 4.69) is 13.8 Å². The predicted octanol–water partition coefficient (Wildman–Crippen LogP) is 1.54. The summed E-state index contributed by atoms with van der Waals surface area (Å²) in [7, 11) is 0. The van der Waals surface area contributed by atoms with Crippen LogP contribution < -0.4 is 22.9 Å². The van der Waals surface area contributed by atoms with Gasteiger partial charge in [0.2, 0.25) is 0 Å². The molecule has 25 heavy (non-hydrogen) atoms. The molecule has 0 atom stereocenters. The lowest BCUT2D eigenvalue weighted by molar-refractivity contribution is -0.141. The fourth-order valence-electron chi connectivity index (χ4n) is 3.52. The molecule has 0 aromatic heterocycles. The number of carbonyl (C=O) groups is 1. The van der Waals surface area contributed by atoms with Crippen molar-refractivity contribution in [3.8, 4) is 0 Å². The molecule has 0 aliphatic rings. The Bertz CT molecular complexity index is 338. The van der Waals surface area contributed by atoms with Gasteiger partial charge in [-0.05, 0) is 12.8 Å². The van der Waals surface area contributed by atoms with E-state index in [-0.39, 0.29) is 13.1 Å². The molecule has 0 unspecified atom stereocenters. The third-order valence-electron chi connectivity index (χ3n) is 4.93. The Morgan fingerprint density at radius 3 is 1.72 bits per heavy atom. The molecule has 0 saturated carbocycles. The van der Waals surface area contributed by atoms with Crippen molar-refractivity contribution in [3.05, 3.63) is 0 Å². The molecule has 0 aliphatic heterocycles. The molecule has 0 aromatic carbocycles. The number of aliphatic carboxylic acids is 1. The Hall–Kier alpha value is -0.730. The van der Waals surface area contributed by atoms with E-state index in [4.69, 9.17) is 22.9 Å². The van der Waals surface area contributed by atoms with Gasteiger partial charge < -0.3 is 28.0 Å². The SMILES string of the molecule is CCCCCCC(CCCCCC)(C(N)N)N(CC(=O)O)CC(N)N. The number of carboxylic acids is 1. The molecule has 0 spiro atoms. The zero-order chi connectivity index (χ0) is 19.3. The van der Waals surface area contributed by atoms with Crippen molar-refractivity contribution in [2.75, 3.05) is 13.1 Å². The first-order valence-electron chi connectivity index (χ1n) is 9.79. The van der Waals surface area contributed by atoms with Gasteiger partial charge in [0, 0.05) is 12.1 Å². The van der Waals surface area contributed by atoms with Gasteiger partial charge in [0.1, 0.15) is 0 Å². The number of hydrogen-bond acceptors (Lipinski definition) is 6. The van der Waals surface area contributed by atoms with Gasteiger partial charge in [0.05, 0.1) is 18.9 Å². The molecule has 7 heteroatoms. The van der Waals surface area contributed by atoms with Gasteiger partial charge in [0.25, 0.3) is 0 Å². The summed E-state index contributed by atoms with van der Waals surface area (Å²) in [6.07, 6.45) is 9.03. The number of nitrogens with two attached hydrogens (primary N) is 4. The van der Waals surface area contributed by atoms with Gasteiger partial charge in [0.15, 0.2) is 0 Å². The molecule has 0 fully saturated rings. The van der Waals surface area contributed by atoms with Gasteiger partial charge >= 0.3 is 5.97 Å². The minimum absolute atomic E-state index is 0.142. The number of nitrogens with zero attached hydrogens (tertiary/aromatic N) is 1. The second-order valence-corrected chi connectivity index (χ2v) is 7.19. The van der Waals surface area contributed by atoms with E-state index < -0.39 is 23.8 Å². The molecule has 0 amide bonds. The van der Waals surface area contributed by atoms with Crippen LogP contribution in [0, 0.1) is 0 Å². The quantitative estimate of drug-likeness (QED) is 0.207. The Morgan fingerprint density at radius 1 is 0.920 bits per heavy atom. The Kier molecular flexibility index (Phi) is 13.1. The van der Waals surface area contributed by atoms with Crippen molar-refractivity contribution in [3.63, 3.8) is 0 Å². The van der Waals surface area contributed by atoms with Crippen molar-refractivity contribution in [2.45, 2.75) is 95.9 Å². The fraction of sp³-hybridized carbons (Fsp3) is 0.944. The first kappa shape index (κ1) is 24.3. The van der Waals surface area contributed by atoms with Gasteiger partial charge in [-0.2, -0.15) is 0 Å². The summed E-state index contributed by atoms with van der Waals surface area (Å²) >= 11 is 0. The summed E-state index contributed by atoms with van der Waals surface area (Å²) in [6, 6.07) is 0. The normalized spacial score (nSPS) is 12.5. The van der Waals surface area contributed by atoms with Gasteiger partial charge in [-0.3, -0.25) is 9.69 Å². The summed E-state index contributed by atoms with van der Waals surface area (Å²) in [5, 5.41) is 9.36. The lowest BCUT2D eigenvalue weighted by atomic mass is 9.81. The summed E-state index contributed by atoms with van der Waals surface area (Å²) in [5.74, 6) is -0.909. The molecular formula is C18H41N5O2. The Labute approximate surface area is 153 Å². The van der Waals surface area contributed by atoms with Gasteiger partial charge in [-0.1, -0.05) is 65.2 Å². The van der Waals surface area contributed by atoms with E-state index in [0.29, 0.717) is 0 Å². The highest BCUT2D eigenvalue weighted by Crippen LogP contribution is 2.31. The largest absolute Gasteiger partial charge is 0.480 e. The van der Waals surface area contributed by atoms with Crippen molar-refractivity contribution >= 4 is 5.97 Å². The first-order chi connectivity index (χ1) is 11.8. The third-order valence-corrected chi connectivity index (χ3v) is 4.93. The molecular weight excluding hydrogens is 318 g/mol. The highest BCUT2D eigenvalue weighted by Gasteiger charge is 2.41. The first-order valence-corrected chi connectivity index (χ1v) is 9.79. The van der Waals surface area contributed by atoms with Crippen molar-refractivity contribution < 1.29 is 9.90 Å². The van der Waals surface area contributed by atoms with Crippen LogP contribution in [0.2, 0.25) is 0 Å². The molecule has 0 heterocycles. The summed E-state index contributed by atoms with van der Waals surface area (Å²) < 4.78 is 0. The molecule has 9 N–H and O–H groups in total. The Balaban J connectivity index is 5.36. The number of unbranched alkanes of at least 4 members (excludes halogenated alkanes) is 6. The smallest absolute Gasteiger partial charge is 0.317 e. The second kappa shape index (κ2) is 13.5. The van der Waals surface area contributed by atoms with E-state index >= 15 is 0 Å². The van der Waals surface area contributed by atoms with Crippen molar-refractivity contribution in [1.82, 2.24) is 4.90 Å². The monoisotopic (exact) mass is 359 g/mol. The predicted molar refractivity (Wildman–Crippen MR) is 104 cm³/mol. The lowest BCUT2D eigenvalue weighted by Gasteiger charge is -2.47. The highest BCUT2D eigenvalue weighted by atomic mass is 16.4. The molecule has 0 bridgehead atoms. The van der Waals surface area contributed by atoms with Crippen molar-refractivity contribution in [1.29, 1.82) is 0 Å². The maximum atomic E-state index is 11.4. The average molecular weight is 360 g/mol. The van der Waals surface area contributed by atoms with Crippen LogP contribution >= 0.6 is 0 Å². The zero-order valence-corrected chi connectivity index (χ0v) is 16.3. The second-order valence-electron chi connectivity index (χ2n) is 7.19. The van der Waals surface area contributed by atoms with E-state index in [0.717, 1.165) is 64.2 Å². The molecule has 150 valence electrons. The highest BCUT2D eigenvalue weighted by molar-refractivity contribution is 5.69. The van der Waals surface area contributed by atoms with Crippen LogP contribution in [0.5, 0.6) is 0 Å². The number of carboxylic acid groups (broad SMARTS) is 1. The number of rotatable bonds is 16. The Morgan fingerprint density at radius 2 is 1.40 bits per heavy atom. The average Bonchev–Trinajstić information content (AvgIpc) is 2.51. The minimum Gasteiger partial charge on any atom is -0.480 e. The molecule has 0 aromatic rings. The topological polar surface area (TPSA) is 145 Å². The maximum Gasteiger partial charge on any atom is 0.317 e. The van der Waals surface area contributed by atoms with Crippen LogP contribution in [-0.4, -0.2) is 46.9 Å². The summed E-state index contributed by atoms with van der Waals surface area (Å²) in [6.45, 7) is 4.46. The van der Waals surface area contributed by atoms with Gasteiger partial charge in [-0.25, -0.2) is 0 Å². The van der Waals surface area contributed by atoms with E-state index in [9.17, 15) is 9.90 Å². The molecule has 0 rings (SSSR count). The fourth-order valence-corrected chi connectivity index (χ4v) is 3.52. The maximum absolute atomic E-state index is 11.4. The van der Waals surface area contributed by atoms with Crippen LogP contribution in [0.25, 0.3) is 0 Å². The van der Waals surface area contributed by atoms with Crippen LogP contribution in [0.1, 0.15) is 78.1 Å².